The molecule has 1 N–H and O–H groups in total. The first-order valence-electron chi connectivity index (χ1n) is 6.00. The molecule has 0 spiro atoms. The third-order valence-corrected chi connectivity index (χ3v) is 2.72. The van der Waals surface area contributed by atoms with Crippen molar-refractivity contribution in [2.24, 2.45) is 24.4 Å². The van der Waals surface area contributed by atoms with Crippen LogP contribution < -0.4 is 10.1 Å². The van der Waals surface area contributed by atoms with E-state index in [0.717, 1.165) is 11.5 Å². The van der Waals surface area contributed by atoms with Crippen LogP contribution in [0.15, 0.2) is 40.7 Å². The van der Waals surface area contributed by atoms with Crippen LogP contribution in [0.5, 0.6) is 0 Å². The lowest BCUT2D eigenvalue weighted by molar-refractivity contribution is -0.741. The number of rotatable bonds is 4. The van der Waals surface area contributed by atoms with Crippen molar-refractivity contribution in [3.05, 3.63) is 36.2 Å². The van der Waals surface area contributed by atoms with Crippen LogP contribution in [0.25, 0.3) is 0 Å². The summed E-state index contributed by atoms with van der Waals surface area (Å²) >= 11 is 0. The molecular weight excluding hydrogens is 242 g/mol. The first-order chi connectivity index (χ1) is 9.00. The number of aromatic nitrogens is 4. The minimum Gasteiger partial charge on any atom is -0.260 e. The van der Waals surface area contributed by atoms with Crippen LogP contribution in [0.3, 0.4) is 0 Å². The fraction of sp³-hybridized carbons (Fsp3) is 0.417. The topological polar surface area (TPSA) is 71.3 Å². The number of hydrogen-bond acceptors (Lipinski definition) is 4. The molecule has 0 saturated heterocycles. The van der Waals surface area contributed by atoms with E-state index in [1.165, 1.54) is 0 Å². The van der Waals surface area contributed by atoms with E-state index in [2.05, 4.69) is 26.2 Å². The van der Waals surface area contributed by atoms with Gasteiger partial charge in [0.1, 0.15) is 5.21 Å². The monoisotopic (exact) mass is 260 g/mol. The summed E-state index contributed by atoms with van der Waals surface area (Å²) in [5.41, 5.74) is 3.28. The van der Waals surface area contributed by atoms with Gasteiger partial charge in [0.2, 0.25) is 0 Å². The van der Waals surface area contributed by atoms with Crippen molar-refractivity contribution in [2.45, 2.75) is 19.4 Å². The van der Waals surface area contributed by atoms with Crippen LogP contribution in [-0.4, -0.2) is 15.1 Å². The predicted molar refractivity (Wildman–Crippen MR) is 70.1 cm³/mol. The molecule has 0 aliphatic heterocycles. The van der Waals surface area contributed by atoms with Gasteiger partial charge >= 0.3 is 0 Å². The van der Waals surface area contributed by atoms with Gasteiger partial charge in [-0.05, 0) is 26.0 Å². The molecule has 1 aromatic carbocycles. The SMILES string of the molecule is Cn1nn[n+](C)c1C(C)(C)N=NNc1ccccc1. The van der Waals surface area contributed by atoms with E-state index in [1.807, 2.05) is 58.3 Å². The molecule has 0 amide bonds. The van der Waals surface area contributed by atoms with E-state index in [9.17, 15) is 0 Å². The molecule has 0 unspecified atom stereocenters. The number of tetrazole rings is 1. The Morgan fingerprint density at radius 3 is 2.53 bits per heavy atom. The van der Waals surface area contributed by atoms with Crippen molar-refractivity contribution < 1.29 is 4.68 Å². The zero-order chi connectivity index (χ0) is 13.9. The molecule has 0 aliphatic carbocycles. The Labute approximate surface area is 111 Å². The molecule has 1 aromatic heterocycles. The number of aryl methyl sites for hydroxylation is 2. The first kappa shape index (κ1) is 13.1. The van der Waals surface area contributed by atoms with E-state index in [-0.39, 0.29) is 0 Å². The lowest BCUT2D eigenvalue weighted by Crippen LogP contribution is -2.41. The van der Waals surface area contributed by atoms with E-state index in [0.29, 0.717) is 0 Å². The molecule has 7 heteroatoms. The highest BCUT2D eigenvalue weighted by molar-refractivity contribution is 5.41. The second kappa shape index (κ2) is 5.13. The van der Waals surface area contributed by atoms with Crippen molar-refractivity contribution in [2.75, 3.05) is 5.43 Å². The van der Waals surface area contributed by atoms with Gasteiger partial charge in [0.25, 0.3) is 5.82 Å². The fourth-order valence-electron chi connectivity index (χ4n) is 1.97. The Kier molecular flexibility index (Phi) is 3.55. The van der Waals surface area contributed by atoms with Gasteiger partial charge in [-0.3, -0.25) is 5.43 Å². The Balaban J connectivity index is 2.13. The van der Waals surface area contributed by atoms with Crippen LogP contribution in [0.2, 0.25) is 0 Å². The highest BCUT2D eigenvalue weighted by atomic mass is 15.6. The minimum atomic E-state index is -0.519. The maximum absolute atomic E-state index is 4.31. The van der Waals surface area contributed by atoms with Gasteiger partial charge in [-0.1, -0.05) is 28.1 Å². The molecule has 0 radical (unpaired) electrons. The van der Waals surface area contributed by atoms with Crippen molar-refractivity contribution in [1.82, 2.24) is 15.1 Å². The number of anilines is 1. The molecule has 2 rings (SSSR count). The first-order valence-corrected chi connectivity index (χ1v) is 6.00. The van der Waals surface area contributed by atoms with Crippen molar-refractivity contribution >= 4 is 5.69 Å². The number of benzene rings is 1. The van der Waals surface area contributed by atoms with Gasteiger partial charge in [-0.2, -0.15) is 5.11 Å². The lowest BCUT2D eigenvalue weighted by Gasteiger charge is -2.13. The number of para-hydroxylation sites is 1. The van der Waals surface area contributed by atoms with Crippen LogP contribution in [0, 0.1) is 0 Å². The predicted octanol–water partition coefficient (Wildman–Crippen LogP) is 1.35. The summed E-state index contributed by atoms with van der Waals surface area (Å²) in [6.07, 6.45) is 0. The molecule has 0 bridgehead atoms. The molecule has 100 valence electrons. The normalized spacial score (nSPS) is 12.0. The second-order valence-corrected chi connectivity index (χ2v) is 4.79. The Bertz CT molecular complexity index is 552. The average Bonchev–Trinajstić information content (AvgIpc) is 2.70. The van der Waals surface area contributed by atoms with E-state index >= 15 is 0 Å². The maximum Gasteiger partial charge on any atom is 0.285 e. The molecule has 0 atom stereocenters. The summed E-state index contributed by atoms with van der Waals surface area (Å²) in [5.74, 6) is 0.867. The van der Waals surface area contributed by atoms with Crippen molar-refractivity contribution in [3.63, 3.8) is 0 Å². The zero-order valence-corrected chi connectivity index (χ0v) is 11.6. The van der Waals surface area contributed by atoms with Crippen molar-refractivity contribution in [1.29, 1.82) is 0 Å². The third-order valence-electron chi connectivity index (χ3n) is 2.72. The van der Waals surface area contributed by atoms with Gasteiger partial charge in [-0.25, -0.2) is 0 Å². The van der Waals surface area contributed by atoms with E-state index in [1.54, 1.807) is 9.36 Å². The molecule has 0 aliphatic rings. The molecule has 2 aromatic rings. The molecule has 0 fully saturated rings. The minimum absolute atomic E-state index is 0.519. The Morgan fingerprint density at radius 2 is 1.95 bits per heavy atom. The van der Waals surface area contributed by atoms with Gasteiger partial charge in [0.05, 0.1) is 19.8 Å². The molecule has 1 heterocycles. The smallest absolute Gasteiger partial charge is 0.260 e. The van der Waals surface area contributed by atoms with Gasteiger partial charge in [0.15, 0.2) is 10.8 Å². The summed E-state index contributed by atoms with van der Waals surface area (Å²) in [5, 5.41) is 16.3. The number of hydrogen-bond donors (Lipinski definition) is 1. The van der Waals surface area contributed by atoms with Crippen LogP contribution >= 0.6 is 0 Å². The molecule has 7 nitrogen and oxygen atoms in total. The number of nitrogens with one attached hydrogen (secondary N) is 1. The Hall–Kier alpha value is -2.31. The summed E-state index contributed by atoms with van der Waals surface area (Å²) in [4.78, 5) is 0. The zero-order valence-electron chi connectivity index (χ0n) is 11.6. The standard InChI is InChI=1S/C12H18N7/c1-12(2,11-18(3)16-17-19(11)4)14-15-13-10-8-6-5-7-9-10/h5-9H,1-4H3,(H,13,14)/q+1. The average molecular weight is 260 g/mol. The highest BCUT2D eigenvalue weighted by Gasteiger charge is 2.34. The molecule has 19 heavy (non-hydrogen) atoms. The lowest BCUT2D eigenvalue weighted by atomic mass is 10.1. The number of nitrogens with zero attached hydrogens (tertiary/aromatic N) is 6. The molecular formula is C12H18N7+. The summed E-state index contributed by atoms with van der Waals surface area (Å²) < 4.78 is 3.39. The summed E-state index contributed by atoms with van der Waals surface area (Å²) in [6.45, 7) is 3.92. The quantitative estimate of drug-likeness (QED) is 0.512. The van der Waals surface area contributed by atoms with E-state index < -0.39 is 5.54 Å². The maximum atomic E-state index is 4.31. The van der Waals surface area contributed by atoms with Crippen LogP contribution in [0.4, 0.5) is 5.69 Å². The van der Waals surface area contributed by atoms with Crippen LogP contribution in [0.1, 0.15) is 19.7 Å². The second-order valence-electron chi connectivity index (χ2n) is 4.79. The molecule has 0 saturated carbocycles. The highest BCUT2D eigenvalue weighted by Crippen LogP contribution is 2.20. The van der Waals surface area contributed by atoms with Crippen LogP contribution in [-0.2, 0) is 19.6 Å². The summed E-state index contributed by atoms with van der Waals surface area (Å²) in [6, 6.07) is 9.69. The Morgan fingerprint density at radius 1 is 1.26 bits per heavy atom. The third kappa shape index (κ3) is 2.93. The van der Waals surface area contributed by atoms with Crippen molar-refractivity contribution in [3.8, 4) is 0 Å². The van der Waals surface area contributed by atoms with Gasteiger partial charge in [-0.15, -0.1) is 4.68 Å². The largest absolute Gasteiger partial charge is 0.285 e. The van der Waals surface area contributed by atoms with E-state index in [4.69, 9.17) is 0 Å². The van der Waals surface area contributed by atoms with Gasteiger partial charge < -0.3 is 0 Å². The van der Waals surface area contributed by atoms with Gasteiger partial charge in [0, 0.05) is 0 Å². The fourth-order valence-corrected chi connectivity index (χ4v) is 1.97. The summed E-state index contributed by atoms with van der Waals surface area (Å²) in [7, 11) is 3.68.